The first-order valence-corrected chi connectivity index (χ1v) is 13.9. The van der Waals surface area contributed by atoms with Crippen LogP contribution in [-0.4, -0.2) is 35.0 Å². The quantitative estimate of drug-likeness (QED) is 0.162. The van der Waals surface area contributed by atoms with Crippen LogP contribution in [0.4, 0.5) is 10.1 Å². The third-order valence-electron chi connectivity index (χ3n) is 5.48. The van der Waals surface area contributed by atoms with Crippen molar-refractivity contribution in [2.45, 2.75) is 26.7 Å². The minimum absolute atomic E-state index is 0.0427. The maximum atomic E-state index is 13.3. The number of hydrogen-bond donors (Lipinski definition) is 1. The highest BCUT2D eigenvalue weighted by atomic mass is 127. The lowest BCUT2D eigenvalue weighted by molar-refractivity contribution is -0.118. The molecule has 0 fully saturated rings. The molecule has 1 heterocycles. The number of halogens is 3. The van der Waals surface area contributed by atoms with Crippen molar-refractivity contribution < 1.29 is 18.7 Å². The zero-order valence-corrected chi connectivity index (χ0v) is 25.1. The molecule has 8 nitrogen and oxygen atoms in total. The number of nitrogens with zero attached hydrogens (tertiary/aromatic N) is 3. The standard InChI is InChI=1S/C28H25BrFIN4O4/c1-4-38-24-12-17(11-22(31)26(24)39-15-25(36)33-20-8-6-19(30)7-9-20)14-32-35-27(16(2)3)34-23-10-5-18(29)13-21(23)28(35)37/h5-14,16H,4,15H2,1-3H3,(H,33,36). The van der Waals surface area contributed by atoms with Crippen LogP contribution in [0, 0.1) is 9.39 Å². The zero-order valence-electron chi connectivity index (χ0n) is 21.4. The molecule has 0 atom stereocenters. The van der Waals surface area contributed by atoms with Crippen LogP contribution in [0.25, 0.3) is 10.9 Å². The Morgan fingerprint density at radius 1 is 1.18 bits per heavy atom. The molecule has 4 rings (SSSR count). The van der Waals surface area contributed by atoms with Crippen LogP contribution < -0.4 is 20.3 Å². The first kappa shape index (κ1) is 28.7. The summed E-state index contributed by atoms with van der Waals surface area (Å²) in [4.78, 5) is 30.3. The molecular formula is C28H25BrFIN4O4. The number of fused-ring (bicyclic) bond motifs is 1. The van der Waals surface area contributed by atoms with Gasteiger partial charge < -0.3 is 14.8 Å². The maximum absolute atomic E-state index is 13.3. The molecule has 4 aromatic rings. The van der Waals surface area contributed by atoms with Gasteiger partial charge in [-0.25, -0.2) is 9.37 Å². The Labute approximate surface area is 246 Å². The predicted molar refractivity (Wildman–Crippen MR) is 162 cm³/mol. The Bertz CT molecular complexity index is 1610. The fourth-order valence-corrected chi connectivity index (χ4v) is 4.85. The summed E-state index contributed by atoms with van der Waals surface area (Å²) in [5.74, 6) is 0.538. The number of anilines is 1. The van der Waals surface area contributed by atoms with Gasteiger partial charge in [0, 0.05) is 16.1 Å². The fourth-order valence-electron chi connectivity index (χ4n) is 3.71. The maximum Gasteiger partial charge on any atom is 0.282 e. The van der Waals surface area contributed by atoms with E-state index in [2.05, 4.69) is 53.9 Å². The van der Waals surface area contributed by atoms with Crippen molar-refractivity contribution in [2.24, 2.45) is 5.10 Å². The van der Waals surface area contributed by atoms with Gasteiger partial charge in [-0.1, -0.05) is 29.8 Å². The third kappa shape index (κ3) is 7.01. The molecule has 1 amide bonds. The highest BCUT2D eigenvalue weighted by Gasteiger charge is 2.16. The third-order valence-corrected chi connectivity index (χ3v) is 6.77. The zero-order chi connectivity index (χ0) is 28.1. The summed E-state index contributed by atoms with van der Waals surface area (Å²) < 4.78 is 27.5. The number of benzene rings is 3. The normalized spacial score (nSPS) is 11.4. The van der Waals surface area contributed by atoms with E-state index < -0.39 is 5.91 Å². The Morgan fingerprint density at radius 3 is 2.62 bits per heavy atom. The first-order chi connectivity index (χ1) is 18.7. The molecule has 0 aliphatic rings. The Hall–Kier alpha value is -3.32. The fraction of sp³-hybridized carbons (Fsp3) is 0.214. The second-order valence-corrected chi connectivity index (χ2v) is 10.8. The lowest BCUT2D eigenvalue weighted by Crippen LogP contribution is -2.23. The van der Waals surface area contributed by atoms with Gasteiger partial charge in [-0.2, -0.15) is 9.78 Å². The molecule has 39 heavy (non-hydrogen) atoms. The molecule has 0 aliphatic heterocycles. The largest absolute Gasteiger partial charge is 0.490 e. The Balaban J connectivity index is 1.60. The van der Waals surface area contributed by atoms with Crippen LogP contribution in [0.15, 0.2) is 69.0 Å². The molecule has 0 saturated heterocycles. The van der Waals surface area contributed by atoms with E-state index in [9.17, 15) is 14.0 Å². The van der Waals surface area contributed by atoms with Gasteiger partial charge in [-0.05, 0) is 89.7 Å². The van der Waals surface area contributed by atoms with E-state index in [1.165, 1.54) is 28.9 Å². The van der Waals surface area contributed by atoms with Crippen LogP contribution in [0.1, 0.15) is 38.1 Å². The van der Waals surface area contributed by atoms with Gasteiger partial charge in [0.05, 0.1) is 27.3 Å². The number of rotatable bonds is 9. The molecule has 0 bridgehead atoms. The van der Waals surface area contributed by atoms with Gasteiger partial charge in [-0.15, -0.1) is 0 Å². The summed E-state index contributed by atoms with van der Waals surface area (Å²) in [5, 5.41) is 7.60. The minimum Gasteiger partial charge on any atom is -0.490 e. The number of ether oxygens (including phenoxy) is 2. The Kier molecular flexibility index (Phi) is 9.33. The lowest BCUT2D eigenvalue weighted by atomic mass is 10.2. The van der Waals surface area contributed by atoms with Crippen molar-refractivity contribution >= 4 is 67.2 Å². The van der Waals surface area contributed by atoms with Crippen LogP contribution in [0.3, 0.4) is 0 Å². The van der Waals surface area contributed by atoms with E-state index in [1.807, 2.05) is 32.9 Å². The lowest BCUT2D eigenvalue weighted by Gasteiger charge is -2.15. The van der Waals surface area contributed by atoms with E-state index in [0.29, 0.717) is 49.7 Å². The van der Waals surface area contributed by atoms with Crippen molar-refractivity contribution in [3.05, 3.63) is 90.2 Å². The van der Waals surface area contributed by atoms with Gasteiger partial charge in [0.1, 0.15) is 11.6 Å². The number of hydrogen-bond acceptors (Lipinski definition) is 6. The number of carbonyl (C=O) groups excluding carboxylic acids is 1. The summed E-state index contributed by atoms with van der Waals surface area (Å²) in [7, 11) is 0. The molecule has 0 aliphatic carbocycles. The highest BCUT2D eigenvalue weighted by molar-refractivity contribution is 14.1. The molecule has 1 aromatic heterocycles. The smallest absolute Gasteiger partial charge is 0.282 e. The van der Waals surface area contributed by atoms with Crippen LogP contribution in [0.2, 0.25) is 0 Å². The van der Waals surface area contributed by atoms with Crippen molar-refractivity contribution in [3.63, 3.8) is 0 Å². The molecule has 11 heteroatoms. The molecular weight excluding hydrogens is 682 g/mol. The molecule has 0 spiro atoms. The van der Waals surface area contributed by atoms with Gasteiger partial charge in [0.15, 0.2) is 18.1 Å². The summed E-state index contributed by atoms with van der Waals surface area (Å²) in [6.45, 7) is 5.84. The van der Waals surface area contributed by atoms with E-state index in [1.54, 1.807) is 24.4 Å². The van der Waals surface area contributed by atoms with Crippen molar-refractivity contribution in [3.8, 4) is 11.5 Å². The molecule has 3 aromatic carbocycles. The molecule has 0 unspecified atom stereocenters. The van der Waals surface area contributed by atoms with Crippen molar-refractivity contribution in [2.75, 3.05) is 18.5 Å². The van der Waals surface area contributed by atoms with E-state index in [0.717, 1.165) is 4.47 Å². The summed E-state index contributed by atoms with van der Waals surface area (Å²) >= 11 is 5.51. The van der Waals surface area contributed by atoms with Gasteiger partial charge in [-0.3, -0.25) is 9.59 Å². The van der Waals surface area contributed by atoms with Crippen molar-refractivity contribution in [1.82, 2.24) is 9.66 Å². The second-order valence-electron chi connectivity index (χ2n) is 8.75. The summed E-state index contributed by atoms with van der Waals surface area (Å²) in [5.41, 5.74) is 1.47. The minimum atomic E-state index is -0.401. The number of carbonyl (C=O) groups is 1. The molecule has 0 radical (unpaired) electrons. The molecule has 1 N–H and O–H groups in total. The van der Waals surface area contributed by atoms with Crippen LogP contribution in [-0.2, 0) is 4.79 Å². The number of amides is 1. The highest BCUT2D eigenvalue weighted by Crippen LogP contribution is 2.34. The average molecular weight is 707 g/mol. The van der Waals surface area contributed by atoms with E-state index in [4.69, 9.17) is 9.47 Å². The molecule has 202 valence electrons. The van der Waals surface area contributed by atoms with E-state index in [-0.39, 0.29) is 23.9 Å². The SMILES string of the molecule is CCOc1cc(C=Nn2c(C(C)C)nc3ccc(Br)cc3c2=O)cc(I)c1OCC(=O)Nc1ccc(F)cc1. The van der Waals surface area contributed by atoms with Crippen LogP contribution in [0.5, 0.6) is 11.5 Å². The van der Waals surface area contributed by atoms with Crippen LogP contribution >= 0.6 is 38.5 Å². The van der Waals surface area contributed by atoms with E-state index >= 15 is 0 Å². The monoisotopic (exact) mass is 706 g/mol. The predicted octanol–water partition coefficient (Wildman–Crippen LogP) is 6.32. The molecule has 0 saturated carbocycles. The topological polar surface area (TPSA) is 94.8 Å². The summed E-state index contributed by atoms with van der Waals surface area (Å²) in [6.07, 6.45) is 1.56. The summed E-state index contributed by atoms with van der Waals surface area (Å²) in [6, 6.07) is 14.4. The van der Waals surface area contributed by atoms with Gasteiger partial charge in [0.2, 0.25) is 0 Å². The second kappa shape index (κ2) is 12.7. The average Bonchev–Trinajstić information content (AvgIpc) is 2.89. The van der Waals surface area contributed by atoms with Gasteiger partial charge in [0.25, 0.3) is 11.5 Å². The Morgan fingerprint density at radius 2 is 1.92 bits per heavy atom. The number of aromatic nitrogens is 2. The first-order valence-electron chi connectivity index (χ1n) is 12.1. The number of nitrogens with one attached hydrogen (secondary N) is 1. The van der Waals surface area contributed by atoms with Gasteiger partial charge >= 0.3 is 0 Å². The van der Waals surface area contributed by atoms with Crippen molar-refractivity contribution in [1.29, 1.82) is 0 Å².